The number of carbonyl (C=O) groups is 1. The number of aromatic nitrogens is 2. The first kappa shape index (κ1) is 10.6. The summed E-state index contributed by atoms with van der Waals surface area (Å²) in [6, 6.07) is -0.0336. The van der Waals surface area contributed by atoms with E-state index in [4.69, 9.17) is 4.52 Å². The van der Waals surface area contributed by atoms with Crippen molar-refractivity contribution in [3.05, 3.63) is 11.7 Å². The smallest absolute Gasteiger partial charge is 0.317 e. The molecule has 1 saturated heterocycles. The average molecular weight is 236 g/mol. The first-order chi connectivity index (χ1) is 8.33. The van der Waals surface area contributed by atoms with Crippen LogP contribution in [0.1, 0.15) is 43.3 Å². The predicted molar refractivity (Wildman–Crippen MR) is 59.3 cm³/mol. The number of hydrogen-bond donors (Lipinski definition) is 1. The molecule has 0 radical (unpaired) electrons. The minimum absolute atomic E-state index is 0.0336. The van der Waals surface area contributed by atoms with Gasteiger partial charge in [-0.3, -0.25) is 0 Å². The van der Waals surface area contributed by atoms with Gasteiger partial charge in [0.05, 0.1) is 6.54 Å². The summed E-state index contributed by atoms with van der Waals surface area (Å²) in [6.45, 7) is 2.03. The van der Waals surface area contributed by atoms with Crippen molar-refractivity contribution >= 4 is 6.03 Å². The summed E-state index contributed by atoms with van der Waals surface area (Å²) in [5.41, 5.74) is 0. The Morgan fingerprint density at radius 2 is 2.18 bits per heavy atom. The van der Waals surface area contributed by atoms with Gasteiger partial charge in [0.15, 0.2) is 5.82 Å². The van der Waals surface area contributed by atoms with E-state index in [-0.39, 0.29) is 6.03 Å². The van der Waals surface area contributed by atoms with Crippen LogP contribution in [0.25, 0.3) is 0 Å². The molecule has 1 aliphatic heterocycles. The first-order valence-corrected chi connectivity index (χ1v) is 6.18. The summed E-state index contributed by atoms with van der Waals surface area (Å²) in [5, 5.41) is 6.71. The molecule has 1 saturated carbocycles. The zero-order chi connectivity index (χ0) is 11.7. The molecule has 92 valence electrons. The number of hydrogen-bond acceptors (Lipinski definition) is 4. The molecular weight excluding hydrogens is 220 g/mol. The lowest BCUT2D eigenvalue weighted by Crippen LogP contribution is -2.37. The molecule has 1 N–H and O–H groups in total. The van der Waals surface area contributed by atoms with Gasteiger partial charge in [-0.25, -0.2) is 4.79 Å². The Morgan fingerprint density at radius 3 is 2.88 bits per heavy atom. The Morgan fingerprint density at radius 1 is 1.41 bits per heavy atom. The van der Waals surface area contributed by atoms with Crippen LogP contribution in [0.15, 0.2) is 4.52 Å². The molecule has 2 fully saturated rings. The molecule has 2 amide bonds. The monoisotopic (exact) mass is 236 g/mol. The lowest BCUT2D eigenvalue weighted by atomic mass is 10.4. The fraction of sp³-hybridized carbons (Fsp3) is 0.727. The van der Waals surface area contributed by atoms with Crippen molar-refractivity contribution in [1.82, 2.24) is 20.4 Å². The van der Waals surface area contributed by atoms with Crippen LogP contribution in [0, 0.1) is 0 Å². The summed E-state index contributed by atoms with van der Waals surface area (Å²) >= 11 is 0. The van der Waals surface area contributed by atoms with E-state index in [1.807, 2.05) is 4.90 Å². The molecule has 3 rings (SSSR count). The zero-order valence-electron chi connectivity index (χ0n) is 9.69. The highest BCUT2D eigenvalue weighted by Crippen LogP contribution is 2.37. The molecule has 6 nitrogen and oxygen atoms in total. The molecule has 2 heterocycles. The van der Waals surface area contributed by atoms with Gasteiger partial charge in [0, 0.05) is 19.0 Å². The van der Waals surface area contributed by atoms with Crippen LogP contribution >= 0.6 is 0 Å². The molecular formula is C11H16N4O2. The third-order valence-electron chi connectivity index (χ3n) is 3.21. The van der Waals surface area contributed by atoms with E-state index >= 15 is 0 Å². The molecule has 1 aliphatic carbocycles. The molecule has 0 aromatic carbocycles. The zero-order valence-corrected chi connectivity index (χ0v) is 9.69. The van der Waals surface area contributed by atoms with Crippen molar-refractivity contribution in [3.63, 3.8) is 0 Å². The second kappa shape index (κ2) is 4.35. The van der Waals surface area contributed by atoms with Crippen molar-refractivity contribution < 1.29 is 9.32 Å². The maximum atomic E-state index is 11.7. The van der Waals surface area contributed by atoms with E-state index in [1.165, 1.54) is 0 Å². The van der Waals surface area contributed by atoms with Crippen molar-refractivity contribution in [2.75, 3.05) is 13.1 Å². The lowest BCUT2D eigenvalue weighted by Gasteiger charge is -2.14. The highest BCUT2D eigenvalue weighted by atomic mass is 16.5. The van der Waals surface area contributed by atoms with Gasteiger partial charge in [-0.2, -0.15) is 4.98 Å². The third-order valence-corrected chi connectivity index (χ3v) is 3.21. The maximum Gasteiger partial charge on any atom is 0.317 e. The summed E-state index contributed by atoms with van der Waals surface area (Å²) in [4.78, 5) is 17.8. The van der Waals surface area contributed by atoms with Crippen molar-refractivity contribution in [1.29, 1.82) is 0 Å². The van der Waals surface area contributed by atoms with Crippen molar-refractivity contribution in [2.45, 2.75) is 38.1 Å². The van der Waals surface area contributed by atoms with Crippen LogP contribution in [0.4, 0.5) is 4.79 Å². The van der Waals surface area contributed by atoms with Crippen LogP contribution in [0.3, 0.4) is 0 Å². The normalized spacial score (nSPS) is 19.6. The summed E-state index contributed by atoms with van der Waals surface area (Å²) in [5.74, 6) is 1.77. The Hall–Kier alpha value is -1.59. The number of nitrogens with one attached hydrogen (secondary N) is 1. The van der Waals surface area contributed by atoms with Crippen LogP contribution in [-0.2, 0) is 6.54 Å². The highest BCUT2D eigenvalue weighted by Gasteiger charge is 2.28. The van der Waals surface area contributed by atoms with Crippen molar-refractivity contribution in [3.8, 4) is 0 Å². The molecule has 1 aromatic heterocycles. The summed E-state index contributed by atoms with van der Waals surface area (Å²) < 4.78 is 5.08. The largest absolute Gasteiger partial charge is 0.337 e. The first-order valence-electron chi connectivity index (χ1n) is 6.18. The minimum Gasteiger partial charge on any atom is -0.337 e. The molecule has 17 heavy (non-hydrogen) atoms. The van der Waals surface area contributed by atoms with E-state index in [2.05, 4.69) is 15.5 Å². The molecule has 0 bridgehead atoms. The van der Waals surface area contributed by atoms with Crippen LogP contribution in [0.5, 0.6) is 0 Å². The number of carbonyl (C=O) groups excluding carboxylic acids is 1. The van der Waals surface area contributed by atoms with Crippen LogP contribution in [-0.4, -0.2) is 34.2 Å². The Kier molecular flexibility index (Phi) is 2.70. The summed E-state index contributed by atoms with van der Waals surface area (Å²) in [7, 11) is 0. The fourth-order valence-electron chi connectivity index (χ4n) is 2.03. The van der Waals surface area contributed by atoms with Crippen LogP contribution in [0.2, 0.25) is 0 Å². The van der Waals surface area contributed by atoms with Crippen molar-refractivity contribution in [2.24, 2.45) is 0 Å². The number of urea groups is 1. The number of likely N-dealkylation sites (tertiary alicyclic amines) is 1. The van der Waals surface area contributed by atoms with E-state index in [0.29, 0.717) is 18.4 Å². The fourth-order valence-corrected chi connectivity index (χ4v) is 2.03. The Balaban J connectivity index is 1.50. The van der Waals surface area contributed by atoms with Crippen LogP contribution < -0.4 is 5.32 Å². The topological polar surface area (TPSA) is 71.3 Å². The number of rotatable bonds is 3. The maximum absolute atomic E-state index is 11.7. The lowest BCUT2D eigenvalue weighted by molar-refractivity contribution is 0.206. The number of amides is 2. The van der Waals surface area contributed by atoms with E-state index in [0.717, 1.165) is 44.6 Å². The molecule has 0 unspecified atom stereocenters. The summed E-state index contributed by atoms with van der Waals surface area (Å²) in [6.07, 6.45) is 4.50. The molecule has 2 aliphatic rings. The molecule has 0 spiro atoms. The van der Waals surface area contributed by atoms with Gasteiger partial charge >= 0.3 is 6.03 Å². The van der Waals surface area contributed by atoms with E-state index < -0.39 is 0 Å². The second-order valence-electron chi connectivity index (χ2n) is 4.67. The standard InChI is InChI=1S/C11H16N4O2/c16-11(15-5-1-2-6-15)12-7-9-13-10(14-17-9)8-3-4-8/h8H,1-7H2,(H,12,16). The Labute approximate surface area is 99.4 Å². The highest BCUT2D eigenvalue weighted by molar-refractivity contribution is 5.74. The molecule has 1 aromatic rings. The Bertz CT molecular complexity index is 407. The van der Waals surface area contributed by atoms with E-state index in [9.17, 15) is 4.79 Å². The quantitative estimate of drug-likeness (QED) is 0.857. The SMILES string of the molecule is O=C(NCc1nc(C2CC2)no1)N1CCCC1. The third kappa shape index (κ3) is 2.40. The number of nitrogens with zero attached hydrogens (tertiary/aromatic N) is 3. The van der Waals surface area contributed by atoms with Gasteiger partial charge in [-0.1, -0.05) is 5.16 Å². The molecule has 6 heteroatoms. The average Bonchev–Trinajstić information content (AvgIpc) is 2.88. The van der Waals surface area contributed by atoms with Gasteiger partial charge < -0.3 is 14.7 Å². The van der Waals surface area contributed by atoms with Gasteiger partial charge in [-0.15, -0.1) is 0 Å². The molecule has 0 atom stereocenters. The van der Waals surface area contributed by atoms with Gasteiger partial charge in [0.25, 0.3) is 0 Å². The van der Waals surface area contributed by atoms with Gasteiger partial charge in [0.1, 0.15) is 0 Å². The minimum atomic E-state index is -0.0336. The second-order valence-corrected chi connectivity index (χ2v) is 4.67. The van der Waals surface area contributed by atoms with E-state index in [1.54, 1.807) is 0 Å². The van der Waals surface area contributed by atoms with Gasteiger partial charge in [-0.05, 0) is 25.7 Å². The predicted octanol–water partition coefficient (Wildman–Crippen LogP) is 1.25. The van der Waals surface area contributed by atoms with Gasteiger partial charge in [0.2, 0.25) is 5.89 Å².